The molecule has 0 unspecified atom stereocenters. The van der Waals surface area contributed by atoms with E-state index in [-0.39, 0.29) is 5.75 Å². The predicted molar refractivity (Wildman–Crippen MR) is 92.2 cm³/mol. The Kier molecular flexibility index (Phi) is 9.62. The van der Waals surface area contributed by atoms with Gasteiger partial charge in [0.25, 0.3) is 10.1 Å². The minimum atomic E-state index is -3.42. The Labute approximate surface area is 138 Å². The Morgan fingerprint density at radius 2 is 1.71 bits per heavy atom. The smallest absolute Gasteiger partial charge is 0.278 e. The molecule has 5 nitrogen and oxygen atoms in total. The number of unbranched alkanes of at least 4 members (excludes halogenated alkanes) is 4. The Morgan fingerprint density at radius 3 is 2.29 bits per heavy atom. The Bertz CT molecular complexity index is 401. The van der Waals surface area contributed by atoms with E-state index in [4.69, 9.17) is 0 Å². The van der Waals surface area contributed by atoms with Gasteiger partial charge in [-0.15, -0.1) is 0 Å². The van der Waals surface area contributed by atoms with Crippen molar-refractivity contribution in [3.8, 4) is 0 Å². The minimum absolute atomic E-state index is 0.0544. The summed E-state index contributed by atoms with van der Waals surface area (Å²) in [4.78, 5) is 4.54. The molecule has 0 N–H and O–H groups in total. The summed E-state index contributed by atoms with van der Waals surface area (Å²) in [6.45, 7) is 5.12. The monoisotopic (exact) mass is 354 g/mol. The van der Waals surface area contributed by atoms with Crippen LogP contribution in [0.5, 0.6) is 0 Å². The van der Waals surface area contributed by atoms with Gasteiger partial charge in [0.15, 0.2) is 0 Å². The van der Waals surface area contributed by atoms with Gasteiger partial charge in [0.05, 0.1) is 23.5 Å². The van der Waals surface area contributed by atoms with Gasteiger partial charge in [-0.05, 0) is 19.3 Å². The SMILES string of the molecule is CCCCCCN1C=CN(CCCCS(=O)(=O)OSS)C1. The van der Waals surface area contributed by atoms with Gasteiger partial charge in [-0.3, -0.25) is 0 Å². The quantitative estimate of drug-likeness (QED) is 0.251. The lowest BCUT2D eigenvalue weighted by Gasteiger charge is -2.21. The highest BCUT2D eigenvalue weighted by Crippen LogP contribution is 2.14. The first-order valence-electron chi connectivity index (χ1n) is 7.46. The summed E-state index contributed by atoms with van der Waals surface area (Å²) in [7, 11) is -3.42. The Balaban J connectivity index is 2.06. The average molecular weight is 355 g/mol. The van der Waals surface area contributed by atoms with Gasteiger partial charge >= 0.3 is 0 Å². The fourth-order valence-electron chi connectivity index (χ4n) is 2.22. The Morgan fingerprint density at radius 1 is 1.10 bits per heavy atom. The lowest BCUT2D eigenvalue weighted by Crippen LogP contribution is -2.27. The second kappa shape index (κ2) is 10.6. The van der Waals surface area contributed by atoms with Crippen LogP contribution in [-0.2, 0) is 13.7 Å². The molecule has 21 heavy (non-hydrogen) atoms. The number of hydrogen-bond donors (Lipinski definition) is 1. The van der Waals surface area contributed by atoms with Gasteiger partial charge in [-0.2, -0.15) is 12.0 Å². The third-order valence-corrected chi connectivity index (χ3v) is 5.78. The zero-order chi connectivity index (χ0) is 15.6. The van der Waals surface area contributed by atoms with Crippen LogP contribution in [0.25, 0.3) is 0 Å². The van der Waals surface area contributed by atoms with E-state index in [0.29, 0.717) is 17.5 Å². The molecule has 0 aromatic heterocycles. The van der Waals surface area contributed by atoms with Crippen LogP contribution in [0.1, 0.15) is 45.4 Å². The van der Waals surface area contributed by atoms with E-state index in [0.717, 1.165) is 26.2 Å². The van der Waals surface area contributed by atoms with Gasteiger partial charge in [-0.1, -0.05) is 37.8 Å². The third-order valence-electron chi connectivity index (χ3n) is 3.37. The van der Waals surface area contributed by atoms with Gasteiger partial charge in [0.1, 0.15) is 0 Å². The fraction of sp³-hybridized carbons (Fsp3) is 0.846. The summed E-state index contributed by atoms with van der Waals surface area (Å²) < 4.78 is 27.1. The predicted octanol–water partition coefficient (Wildman–Crippen LogP) is 3.23. The van der Waals surface area contributed by atoms with Gasteiger partial charge < -0.3 is 9.80 Å². The van der Waals surface area contributed by atoms with Crippen molar-refractivity contribution in [2.75, 3.05) is 25.5 Å². The molecule has 0 amide bonds. The molecule has 1 rings (SSSR count). The van der Waals surface area contributed by atoms with Crippen molar-refractivity contribution < 1.29 is 12.0 Å². The molecule has 0 aliphatic carbocycles. The maximum atomic E-state index is 11.3. The maximum Gasteiger partial charge on any atom is 0.278 e. The molecule has 8 heteroatoms. The average Bonchev–Trinajstić information content (AvgIpc) is 2.88. The zero-order valence-corrected chi connectivity index (χ0v) is 15.1. The van der Waals surface area contributed by atoms with E-state index in [1.807, 2.05) is 0 Å². The molecule has 124 valence electrons. The van der Waals surface area contributed by atoms with E-state index < -0.39 is 10.1 Å². The van der Waals surface area contributed by atoms with E-state index in [1.54, 1.807) is 0 Å². The lowest BCUT2D eigenvalue weighted by atomic mass is 10.2. The van der Waals surface area contributed by atoms with E-state index in [1.165, 1.54) is 25.7 Å². The number of rotatable bonds is 12. The largest absolute Gasteiger partial charge is 0.359 e. The van der Waals surface area contributed by atoms with Crippen molar-refractivity contribution in [3.63, 3.8) is 0 Å². The molecular formula is C13H26N2O3S3. The van der Waals surface area contributed by atoms with Crippen LogP contribution in [0.4, 0.5) is 0 Å². The normalized spacial score (nSPS) is 15.1. The third kappa shape index (κ3) is 8.85. The first kappa shape index (κ1) is 19.0. The molecule has 1 aliphatic rings. The molecule has 0 bridgehead atoms. The first-order chi connectivity index (χ1) is 10.1. The Hall–Kier alpha value is -0.0500. The van der Waals surface area contributed by atoms with Crippen LogP contribution in [0.15, 0.2) is 12.4 Å². The standard InChI is InChI=1S/C13H26N2O3S3/c1-2-3-4-5-8-14-10-11-15(13-14)9-6-7-12-21(16,17)18-20-19/h10-11,19H,2-9,12-13H2,1H3. The summed E-state index contributed by atoms with van der Waals surface area (Å²) in [6, 6.07) is 0. The topological polar surface area (TPSA) is 49.9 Å². The molecule has 0 radical (unpaired) electrons. The van der Waals surface area contributed by atoms with Gasteiger partial charge in [0.2, 0.25) is 0 Å². The van der Waals surface area contributed by atoms with Crippen molar-refractivity contribution in [2.24, 2.45) is 0 Å². The van der Waals surface area contributed by atoms with Crippen molar-refractivity contribution in [3.05, 3.63) is 12.4 Å². The van der Waals surface area contributed by atoms with Crippen LogP contribution in [0, 0.1) is 0 Å². The van der Waals surface area contributed by atoms with Crippen LogP contribution in [0.3, 0.4) is 0 Å². The first-order valence-corrected chi connectivity index (χ1v) is 10.8. The highest BCUT2D eigenvalue weighted by molar-refractivity contribution is 8.67. The van der Waals surface area contributed by atoms with E-state index in [9.17, 15) is 8.42 Å². The second-order valence-corrected chi connectivity index (χ2v) is 7.90. The molecule has 0 fully saturated rings. The van der Waals surface area contributed by atoms with Crippen molar-refractivity contribution in [1.82, 2.24) is 9.80 Å². The van der Waals surface area contributed by atoms with Crippen molar-refractivity contribution >= 4 is 32.9 Å². The molecule has 0 spiro atoms. The molecular weight excluding hydrogens is 328 g/mol. The van der Waals surface area contributed by atoms with Crippen LogP contribution < -0.4 is 0 Å². The molecule has 1 heterocycles. The van der Waals surface area contributed by atoms with Crippen molar-refractivity contribution in [2.45, 2.75) is 45.4 Å². The molecule has 0 atom stereocenters. The highest BCUT2D eigenvalue weighted by Gasteiger charge is 2.13. The summed E-state index contributed by atoms with van der Waals surface area (Å²) in [5, 5.41) is 0. The van der Waals surface area contributed by atoms with Crippen LogP contribution >= 0.6 is 22.7 Å². The van der Waals surface area contributed by atoms with E-state index >= 15 is 0 Å². The van der Waals surface area contributed by atoms with Crippen molar-refractivity contribution in [1.29, 1.82) is 0 Å². The fourth-order valence-corrected chi connectivity index (χ4v) is 4.26. The summed E-state index contributed by atoms with van der Waals surface area (Å²) in [5.41, 5.74) is 0. The summed E-state index contributed by atoms with van der Waals surface area (Å²) >= 11 is 4.25. The van der Waals surface area contributed by atoms with Crippen LogP contribution in [-0.4, -0.2) is 43.7 Å². The highest BCUT2D eigenvalue weighted by atomic mass is 33.1. The molecule has 0 aromatic carbocycles. The molecule has 0 aromatic rings. The second-order valence-electron chi connectivity index (χ2n) is 5.24. The van der Waals surface area contributed by atoms with Gasteiger partial charge in [-0.25, -0.2) is 0 Å². The number of thiol groups is 1. The zero-order valence-electron chi connectivity index (χ0n) is 12.6. The van der Waals surface area contributed by atoms with Gasteiger partial charge in [0, 0.05) is 25.5 Å². The number of hydrogen-bond acceptors (Lipinski definition) is 7. The van der Waals surface area contributed by atoms with Crippen LogP contribution in [0.2, 0.25) is 0 Å². The summed E-state index contributed by atoms with van der Waals surface area (Å²) in [6.07, 6.45) is 10.8. The molecule has 0 saturated carbocycles. The lowest BCUT2D eigenvalue weighted by molar-refractivity contribution is 0.258. The minimum Gasteiger partial charge on any atom is -0.359 e. The molecule has 1 aliphatic heterocycles. The van der Waals surface area contributed by atoms with E-state index in [2.05, 4.69) is 44.4 Å². The molecule has 0 saturated heterocycles. The number of nitrogens with zero attached hydrogens (tertiary/aromatic N) is 2. The maximum absolute atomic E-state index is 11.3. The summed E-state index contributed by atoms with van der Waals surface area (Å²) in [5.74, 6) is 0.0544.